The average molecular weight is 436 g/mol. The van der Waals surface area contributed by atoms with Crippen LogP contribution in [0.5, 0.6) is 5.75 Å². The van der Waals surface area contributed by atoms with E-state index in [0.717, 1.165) is 18.2 Å². The predicted octanol–water partition coefficient (Wildman–Crippen LogP) is 4.02. The summed E-state index contributed by atoms with van der Waals surface area (Å²) in [4.78, 5) is 45.1. The summed E-state index contributed by atoms with van der Waals surface area (Å²) in [6.07, 6.45) is 0. The van der Waals surface area contributed by atoms with Crippen LogP contribution in [0.25, 0.3) is 0 Å². The zero-order valence-electron chi connectivity index (χ0n) is 16.6. The van der Waals surface area contributed by atoms with E-state index >= 15 is 0 Å². The maximum absolute atomic E-state index is 12.4. The van der Waals surface area contributed by atoms with Crippen molar-refractivity contribution in [3.8, 4) is 5.75 Å². The number of hydrogen-bond donors (Lipinski definition) is 2. The maximum atomic E-state index is 12.4. The molecule has 32 heavy (non-hydrogen) atoms. The highest BCUT2D eigenvalue weighted by atomic mass is 16.6. The molecule has 2 amide bonds. The highest BCUT2D eigenvalue weighted by Crippen LogP contribution is 2.24. The van der Waals surface area contributed by atoms with E-state index in [2.05, 4.69) is 10.6 Å². The fourth-order valence-electron chi connectivity index (χ4n) is 2.72. The highest BCUT2D eigenvalue weighted by molar-refractivity contribution is 6.06. The Morgan fingerprint density at radius 1 is 0.719 bits per heavy atom. The molecule has 11 heteroatoms. The summed E-state index contributed by atoms with van der Waals surface area (Å²) in [7, 11) is 1.54. The van der Waals surface area contributed by atoms with Gasteiger partial charge >= 0.3 is 0 Å². The Bertz CT molecular complexity index is 1160. The molecule has 3 aromatic carbocycles. The Hall–Kier alpha value is -4.80. The van der Waals surface area contributed by atoms with E-state index in [1.165, 1.54) is 31.4 Å². The van der Waals surface area contributed by atoms with Crippen LogP contribution < -0.4 is 15.4 Å². The van der Waals surface area contributed by atoms with Gasteiger partial charge in [0.05, 0.1) is 28.6 Å². The number of non-ortho nitro benzene ring substituents is 2. The number of methoxy groups -OCH3 is 1. The summed E-state index contributed by atoms with van der Waals surface area (Å²) in [5.74, 6) is -0.494. The van der Waals surface area contributed by atoms with Gasteiger partial charge in [-0.05, 0) is 48.5 Å². The van der Waals surface area contributed by atoms with Gasteiger partial charge in [-0.15, -0.1) is 0 Å². The molecule has 0 saturated carbocycles. The molecule has 0 aliphatic rings. The van der Waals surface area contributed by atoms with Gasteiger partial charge in [0.2, 0.25) is 0 Å². The molecule has 0 aliphatic heterocycles. The quantitative estimate of drug-likeness (QED) is 0.419. The van der Waals surface area contributed by atoms with Crippen LogP contribution in [-0.4, -0.2) is 28.8 Å². The minimum absolute atomic E-state index is 0.243. The third-order valence-corrected chi connectivity index (χ3v) is 4.34. The molecule has 3 rings (SSSR count). The molecule has 0 aliphatic carbocycles. The Morgan fingerprint density at radius 3 is 1.59 bits per heavy atom. The van der Waals surface area contributed by atoms with Gasteiger partial charge in [0, 0.05) is 29.1 Å². The van der Waals surface area contributed by atoms with Crippen LogP contribution in [-0.2, 0) is 0 Å². The van der Waals surface area contributed by atoms with E-state index in [9.17, 15) is 29.8 Å². The fourth-order valence-corrected chi connectivity index (χ4v) is 2.72. The second-order valence-electron chi connectivity index (χ2n) is 6.47. The summed E-state index contributed by atoms with van der Waals surface area (Å²) in [5, 5.41) is 27.2. The molecule has 3 aromatic rings. The van der Waals surface area contributed by atoms with Crippen molar-refractivity contribution >= 4 is 34.6 Å². The molecule has 0 fully saturated rings. The Kier molecular flexibility index (Phi) is 6.39. The lowest BCUT2D eigenvalue weighted by Gasteiger charge is -2.08. The summed E-state index contributed by atoms with van der Waals surface area (Å²) in [5.41, 5.74) is -0.201. The van der Waals surface area contributed by atoms with Crippen molar-refractivity contribution in [2.75, 3.05) is 17.7 Å². The third kappa shape index (κ3) is 5.21. The molecule has 0 bridgehead atoms. The van der Waals surface area contributed by atoms with E-state index in [4.69, 9.17) is 4.74 Å². The lowest BCUT2D eigenvalue weighted by atomic mass is 10.1. The van der Waals surface area contributed by atoms with Crippen LogP contribution in [0.15, 0.2) is 66.7 Å². The van der Waals surface area contributed by atoms with Gasteiger partial charge < -0.3 is 15.4 Å². The number of amides is 2. The topological polar surface area (TPSA) is 154 Å². The second kappa shape index (κ2) is 9.34. The number of nitro benzene ring substituents is 2. The summed E-state index contributed by atoms with van der Waals surface area (Å²) < 4.78 is 5.06. The number of benzene rings is 3. The Labute approximate surface area is 180 Å². The average Bonchev–Trinajstić information content (AvgIpc) is 2.79. The van der Waals surface area contributed by atoms with Crippen molar-refractivity contribution in [1.82, 2.24) is 0 Å². The molecule has 162 valence electrons. The van der Waals surface area contributed by atoms with Crippen molar-refractivity contribution in [2.45, 2.75) is 0 Å². The smallest absolute Gasteiger partial charge is 0.277 e. The number of nitrogens with zero attached hydrogens (tertiary/aromatic N) is 2. The number of ether oxygens (including phenoxy) is 1. The van der Waals surface area contributed by atoms with Gasteiger partial charge in [0.1, 0.15) is 5.75 Å². The lowest BCUT2D eigenvalue weighted by Crippen LogP contribution is -2.14. The summed E-state index contributed by atoms with van der Waals surface area (Å²) in [6, 6.07) is 15.3. The van der Waals surface area contributed by atoms with E-state index in [-0.39, 0.29) is 11.5 Å². The van der Waals surface area contributed by atoms with E-state index in [1.807, 2.05) is 0 Å². The molecule has 0 saturated heterocycles. The molecular formula is C21H16N4O7. The Morgan fingerprint density at radius 2 is 1.16 bits per heavy atom. The van der Waals surface area contributed by atoms with Crippen molar-refractivity contribution in [3.63, 3.8) is 0 Å². The largest absolute Gasteiger partial charge is 0.497 e. The van der Waals surface area contributed by atoms with Gasteiger partial charge in [-0.25, -0.2) is 0 Å². The van der Waals surface area contributed by atoms with Crippen LogP contribution in [0.3, 0.4) is 0 Å². The summed E-state index contributed by atoms with van der Waals surface area (Å²) >= 11 is 0. The fraction of sp³-hybridized carbons (Fsp3) is 0.0476. The van der Waals surface area contributed by atoms with Crippen LogP contribution in [0.1, 0.15) is 20.7 Å². The van der Waals surface area contributed by atoms with Crippen LogP contribution in [0, 0.1) is 20.2 Å². The van der Waals surface area contributed by atoms with Crippen LogP contribution in [0.2, 0.25) is 0 Å². The van der Waals surface area contributed by atoms with E-state index in [0.29, 0.717) is 22.7 Å². The number of anilines is 2. The molecule has 0 aromatic heterocycles. The van der Waals surface area contributed by atoms with Crippen LogP contribution in [0.4, 0.5) is 22.7 Å². The van der Waals surface area contributed by atoms with Crippen molar-refractivity contribution in [2.24, 2.45) is 0 Å². The van der Waals surface area contributed by atoms with Gasteiger partial charge in [-0.3, -0.25) is 29.8 Å². The molecule has 0 radical (unpaired) electrons. The van der Waals surface area contributed by atoms with Crippen molar-refractivity contribution in [1.29, 1.82) is 0 Å². The zero-order chi connectivity index (χ0) is 23.3. The molecule has 2 N–H and O–H groups in total. The minimum atomic E-state index is -0.819. The third-order valence-electron chi connectivity index (χ3n) is 4.34. The van der Waals surface area contributed by atoms with Crippen LogP contribution >= 0.6 is 0 Å². The van der Waals surface area contributed by atoms with Crippen molar-refractivity contribution < 1.29 is 24.2 Å². The molecule has 0 unspecified atom stereocenters. The van der Waals surface area contributed by atoms with Crippen molar-refractivity contribution in [3.05, 3.63) is 98.1 Å². The zero-order valence-corrected chi connectivity index (χ0v) is 16.6. The Balaban J connectivity index is 1.71. The first-order chi connectivity index (χ1) is 15.3. The number of nitro groups is 2. The number of nitrogens with one attached hydrogen (secondary N) is 2. The molecule has 0 atom stereocenters. The predicted molar refractivity (Wildman–Crippen MR) is 115 cm³/mol. The van der Waals surface area contributed by atoms with Gasteiger partial charge in [-0.2, -0.15) is 0 Å². The number of hydrogen-bond acceptors (Lipinski definition) is 7. The number of rotatable bonds is 7. The second-order valence-corrected chi connectivity index (χ2v) is 6.47. The maximum Gasteiger partial charge on any atom is 0.277 e. The first-order valence-electron chi connectivity index (χ1n) is 9.07. The molecular weight excluding hydrogens is 420 g/mol. The summed E-state index contributed by atoms with van der Waals surface area (Å²) in [6.45, 7) is 0. The van der Waals surface area contributed by atoms with Gasteiger partial charge in [0.25, 0.3) is 23.2 Å². The van der Waals surface area contributed by atoms with E-state index in [1.54, 1.807) is 24.3 Å². The first-order valence-corrected chi connectivity index (χ1v) is 9.07. The molecule has 0 spiro atoms. The molecule has 0 heterocycles. The standard InChI is InChI=1S/C21H16N4O7/c1-32-19-8-6-16(7-9-19)22-20(26)13-2-4-15(5-3-13)23-21(27)14-10-17(24(28)29)12-18(11-14)25(30)31/h2-12H,1H3,(H,22,26)(H,23,27). The van der Waals surface area contributed by atoms with Gasteiger partial charge in [-0.1, -0.05) is 0 Å². The normalized spacial score (nSPS) is 10.2. The molecule has 11 nitrogen and oxygen atoms in total. The minimum Gasteiger partial charge on any atom is -0.497 e. The SMILES string of the molecule is COc1ccc(NC(=O)c2ccc(NC(=O)c3cc([N+](=O)[O-])cc([N+](=O)[O-])c3)cc2)cc1. The number of carbonyl (C=O) groups excluding carboxylic acids is 2. The van der Waals surface area contributed by atoms with E-state index < -0.39 is 27.1 Å². The first kappa shape index (κ1) is 21.9. The monoisotopic (exact) mass is 436 g/mol. The van der Waals surface area contributed by atoms with Gasteiger partial charge in [0.15, 0.2) is 0 Å². The number of carbonyl (C=O) groups is 2. The highest BCUT2D eigenvalue weighted by Gasteiger charge is 2.20. The lowest BCUT2D eigenvalue weighted by molar-refractivity contribution is -0.394.